The van der Waals surface area contributed by atoms with Gasteiger partial charge in [0.05, 0.1) is 0 Å². The molecule has 1 nitrogen and oxygen atoms in total. The highest BCUT2D eigenvalue weighted by Gasteiger charge is 2.29. The second-order valence-corrected chi connectivity index (χ2v) is 5.80. The molecule has 1 fully saturated rings. The van der Waals surface area contributed by atoms with Crippen molar-refractivity contribution in [3.05, 3.63) is 71.0 Å². The molecular formula is C18H19FO. The van der Waals surface area contributed by atoms with Crippen LogP contribution in [0.3, 0.4) is 0 Å². The van der Waals surface area contributed by atoms with Crippen molar-refractivity contribution in [2.24, 2.45) is 0 Å². The van der Waals surface area contributed by atoms with Gasteiger partial charge in [0, 0.05) is 5.56 Å². The summed E-state index contributed by atoms with van der Waals surface area (Å²) in [6.45, 7) is 1.64. The maximum absolute atomic E-state index is 13.9. The highest BCUT2D eigenvalue weighted by atomic mass is 19.1. The monoisotopic (exact) mass is 270 g/mol. The lowest BCUT2D eigenvalue weighted by molar-refractivity contribution is 0.0979. The topological polar surface area (TPSA) is 20.2 Å². The number of benzene rings is 2. The Labute approximate surface area is 119 Å². The Balaban J connectivity index is 1.92. The van der Waals surface area contributed by atoms with E-state index in [0.717, 1.165) is 5.56 Å². The van der Waals surface area contributed by atoms with Gasteiger partial charge >= 0.3 is 0 Å². The zero-order valence-electron chi connectivity index (χ0n) is 11.6. The van der Waals surface area contributed by atoms with Crippen molar-refractivity contribution in [3.8, 4) is 0 Å². The smallest absolute Gasteiger partial charge is 0.129 e. The molecule has 3 rings (SSSR count). The first kappa shape index (κ1) is 13.3. The molecule has 1 unspecified atom stereocenters. The summed E-state index contributed by atoms with van der Waals surface area (Å²) in [4.78, 5) is 0. The van der Waals surface area contributed by atoms with Gasteiger partial charge in [-0.2, -0.15) is 0 Å². The van der Waals surface area contributed by atoms with Gasteiger partial charge in [-0.05, 0) is 42.9 Å². The standard InChI is InChI=1S/C18H19FO/c1-18(20,16-7-2-3-8-17(16)19)15-11-9-14(10-12-15)13-5-4-6-13/h2-3,7-13,20H,4-6H2,1H3. The molecule has 1 N–H and O–H groups in total. The van der Waals surface area contributed by atoms with Gasteiger partial charge in [-0.25, -0.2) is 4.39 Å². The summed E-state index contributed by atoms with van der Waals surface area (Å²) in [5.41, 5.74) is 1.06. The average Bonchev–Trinajstić information content (AvgIpc) is 2.38. The number of hydrogen-bond acceptors (Lipinski definition) is 1. The van der Waals surface area contributed by atoms with Crippen LogP contribution in [0.5, 0.6) is 0 Å². The molecule has 20 heavy (non-hydrogen) atoms. The first-order chi connectivity index (χ1) is 9.59. The maximum Gasteiger partial charge on any atom is 0.129 e. The average molecular weight is 270 g/mol. The van der Waals surface area contributed by atoms with E-state index in [0.29, 0.717) is 11.5 Å². The van der Waals surface area contributed by atoms with Crippen LogP contribution in [-0.2, 0) is 5.60 Å². The van der Waals surface area contributed by atoms with Gasteiger partial charge in [0.15, 0.2) is 0 Å². The van der Waals surface area contributed by atoms with E-state index >= 15 is 0 Å². The molecule has 2 aromatic carbocycles. The fourth-order valence-electron chi connectivity index (χ4n) is 2.83. The SMILES string of the molecule is CC(O)(c1ccc(C2CCC2)cc1)c1ccccc1F. The lowest BCUT2D eigenvalue weighted by Crippen LogP contribution is -2.24. The van der Waals surface area contributed by atoms with Crippen LogP contribution in [-0.4, -0.2) is 5.11 Å². The maximum atomic E-state index is 13.9. The molecule has 0 bridgehead atoms. The minimum Gasteiger partial charge on any atom is -0.381 e. The third-order valence-electron chi connectivity index (χ3n) is 4.45. The zero-order valence-corrected chi connectivity index (χ0v) is 11.6. The molecular weight excluding hydrogens is 251 g/mol. The normalized spacial score (nSPS) is 18.4. The number of rotatable bonds is 3. The third-order valence-corrected chi connectivity index (χ3v) is 4.45. The van der Waals surface area contributed by atoms with E-state index in [9.17, 15) is 9.50 Å². The van der Waals surface area contributed by atoms with Crippen molar-refractivity contribution in [1.29, 1.82) is 0 Å². The summed E-state index contributed by atoms with van der Waals surface area (Å²) in [6, 6.07) is 14.4. The van der Waals surface area contributed by atoms with Gasteiger partial charge in [-0.3, -0.25) is 0 Å². The van der Waals surface area contributed by atoms with Gasteiger partial charge in [0.2, 0.25) is 0 Å². The molecule has 0 aliphatic heterocycles. The number of halogens is 1. The van der Waals surface area contributed by atoms with Gasteiger partial charge in [0.1, 0.15) is 11.4 Å². The molecule has 1 atom stereocenters. The second-order valence-electron chi connectivity index (χ2n) is 5.80. The highest BCUT2D eigenvalue weighted by molar-refractivity contribution is 5.38. The highest BCUT2D eigenvalue weighted by Crippen LogP contribution is 2.37. The Morgan fingerprint density at radius 3 is 2.25 bits per heavy atom. The Bertz CT molecular complexity index is 597. The van der Waals surface area contributed by atoms with Crippen LogP contribution in [0.25, 0.3) is 0 Å². The minimum atomic E-state index is -1.30. The Kier molecular flexibility index (Phi) is 3.35. The lowest BCUT2D eigenvalue weighted by Gasteiger charge is -2.28. The van der Waals surface area contributed by atoms with Crippen molar-refractivity contribution < 1.29 is 9.50 Å². The van der Waals surface area contributed by atoms with Crippen LogP contribution in [0.2, 0.25) is 0 Å². The van der Waals surface area contributed by atoms with E-state index in [-0.39, 0.29) is 5.82 Å². The molecule has 1 aliphatic rings. The van der Waals surface area contributed by atoms with Crippen LogP contribution in [0.4, 0.5) is 4.39 Å². The zero-order chi connectivity index (χ0) is 14.2. The molecule has 0 aromatic heterocycles. The molecule has 0 heterocycles. The first-order valence-electron chi connectivity index (χ1n) is 7.17. The van der Waals surface area contributed by atoms with Gasteiger partial charge in [-0.1, -0.05) is 48.9 Å². The summed E-state index contributed by atoms with van der Waals surface area (Å²) in [7, 11) is 0. The Morgan fingerprint density at radius 2 is 1.70 bits per heavy atom. The van der Waals surface area contributed by atoms with Crippen LogP contribution in [0.15, 0.2) is 48.5 Å². The van der Waals surface area contributed by atoms with Crippen LogP contribution >= 0.6 is 0 Å². The predicted molar refractivity (Wildman–Crippen MR) is 78.1 cm³/mol. The second kappa shape index (κ2) is 5.02. The van der Waals surface area contributed by atoms with Crippen LogP contribution < -0.4 is 0 Å². The Morgan fingerprint density at radius 1 is 1.05 bits per heavy atom. The quantitative estimate of drug-likeness (QED) is 0.879. The van der Waals surface area contributed by atoms with Crippen molar-refractivity contribution >= 4 is 0 Å². The number of hydrogen-bond donors (Lipinski definition) is 1. The lowest BCUT2D eigenvalue weighted by atomic mass is 9.79. The Hall–Kier alpha value is -1.67. The van der Waals surface area contributed by atoms with E-state index in [1.165, 1.54) is 30.9 Å². The van der Waals surface area contributed by atoms with Crippen molar-refractivity contribution in [1.82, 2.24) is 0 Å². The first-order valence-corrected chi connectivity index (χ1v) is 7.17. The van der Waals surface area contributed by atoms with E-state index in [1.807, 2.05) is 12.1 Å². The van der Waals surface area contributed by atoms with Crippen molar-refractivity contribution in [2.75, 3.05) is 0 Å². The van der Waals surface area contributed by atoms with Gasteiger partial charge in [0.25, 0.3) is 0 Å². The van der Waals surface area contributed by atoms with Crippen LogP contribution in [0.1, 0.15) is 48.8 Å². The molecule has 0 spiro atoms. The van der Waals surface area contributed by atoms with Crippen molar-refractivity contribution in [2.45, 2.75) is 37.7 Å². The molecule has 2 aromatic rings. The molecule has 0 amide bonds. The van der Waals surface area contributed by atoms with Gasteiger partial charge < -0.3 is 5.11 Å². The molecule has 1 aliphatic carbocycles. The number of aliphatic hydroxyl groups is 1. The summed E-state index contributed by atoms with van der Waals surface area (Å²) in [5.74, 6) is 0.294. The van der Waals surface area contributed by atoms with E-state index < -0.39 is 5.60 Å². The van der Waals surface area contributed by atoms with Gasteiger partial charge in [-0.15, -0.1) is 0 Å². The summed E-state index contributed by atoms with van der Waals surface area (Å²) in [5, 5.41) is 10.7. The fourth-order valence-corrected chi connectivity index (χ4v) is 2.83. The third kappa shape index (κ3) is 2.25. The van der Waals surface area contributed by atoms with E-state index in [4.69, 9.17) is 0 Å². The molecule has 2 heteroatoms. The molecule has 0 radical (unpaired) electrons. The fraction of sp³-hybridized carbons (Fsp3) is 0.333. The minimum absolute atomic E-state index is 0.316. The van der Waals surface area contributed by atoms with Crippen LogP contribution in [0, 0.1) is 5.82 Å². The molecule has 0 saturated heterocycles. The molecule has 1 saturated carbocycles. The summed E-state index contributed by atoms with van der Waals surface area (Å²) >= 11 is 0. The predicted octanol–water partition coefficient (Wildman–Crippen LogP) is 4.35. The summed E-state index contributed by atoms with van der Waals surface area (Å²) in [6.07, 6.45) is 3.81. The largest absolute Gasteiger partial charge is 0.381 e. The van der Waals surface area contributed by atoms with Crippen molar-refractivity contribution in [3.63, 3.8) is 0 Å². The van der Waals surface area contributed by atoms with E-state index in [2.05, 4.69) is 12.1 Å². The molecule has 104 valence electrons. The summed E-state index contributed by atoms with van der Waals surface area (Å²) < 4.78 is 13.9. The van der Waals surface area contributed by atoms with E-state index in [1.54, 1.807) is 25.1 Å².